The van der Waals surface area contributed by atoms with E-state index in [9.17, 15) is 26.3 Å². The van der Waals surface area contributed by atoms with Crippen molar-refractivity contribution in [3.05, 3.63) is 42.5 Å². The molecule has 10 nitrogen and oxygen atoms in total. The first-order chi connectivity index (χ1) is 17.3. The third kappa shape index (κ3) is 10.9. The average molecular weight is 539 g/mol. The fraction of sp³-hybridized carbons (Fsp3) is 0.476. The molecule has 1 atom stereocenters. The van der Waals surface area contributed by atoms with Crippen molar-refractivity contribution in [2.24, 2.45) is 5.92 Å². The molecule has 1 saturated carbocycles. The minimum atomic E-state index is -5.08. The molecule has 1 saturated heterocycles. The van der Waals surface area contributed by atoms with Gasteiger partial charge in [0.1, 0.15) is 17.5 Å². The molecule has 0 spiro atoms. The van der Waals surface area contributed by atoms with Gasteiger partial charge in [0.25, 0.3) is 0 Å². The molecule has 0 bridgehead atoms. The molecule has 0 amide bonds. The number of hydrogen-bond acceptors (Lipinski definition) is 8. The summed E-state index contributed by atoms with van der Waals surface area (Å²) in [6.07, 6.45) is -3.90. The van der Waals surface area contributed by atoms with Crippen molar-refractivity contribution in [2.45, 2.75) is 31.2 Å². The molecule has 2 aromatic heterocycles. The number of carboxylic acid groups (broad SMARTS) is 2. The van der Waals surface area contributed by atoms with Gasteiger partial charge in [0.15, 0.2) is 0 Å². The zero-order chi connectivity index (χ0) is 27.6. The second-order valence-electron chi connectivity index (χ2n) is 7.77. The van der Waals surface area contributed by atoms with Crippen molar-refractivity contribution < 1.29 is 50.9 Å². The predicted octanol–water partition coefficient (Wildman–Crippen LogP) is 3.67. The van der Waals surface area contributed by atoms with Crippen LogP contribution in [-0.2, 0) is 14.3 Å². The van der Waals surface area contributed by atoms with E-state index in [0.717, 1.165) is 43.1 Å². The minimum absolute atomic E-state index is 0.148. The first-order valence-corrected chi connectivity index (χ1v) is 10.7. The maximum absolute atomic E-state index is 10.6. The lowest BCUT2D eigenvalue weighted by molar-refractivity contribution is -0.193. The highest BCUT2D eigenvalue weighted by molar-refractivity contribution is 5.73. The van der Waals surface area contributed by atoms with E-state index in [1.807, 2.05) is 24.3 Å². The number of nitrogens with zero attached hydrogens (tertiary/aromatic N) is 4. The number of carboxylic acids is 2. The molecule has 0 radical (unpaired) electrons. The second-order valence-corrected chi connectivity index (χ2v) is 7.77. The number of morpholine rings is 1. The van der Waals surface area contributed by atoms with E-state index in [4.69, 9.17) is 24.5 Å². The van der Waals surface area contributed by atoms with Gasteiger partial charge in [-0.2, -0.15) is 26.3 Å². The van der Waals surface area contributed by atoms with Crippen LogP contribution >= 0.6 is 0 Å². The Labute approximate surface area is 206 Å². The largest absolute Gasteiger partial charge is 0.490 e. The first kappa shape index (κ1) is 29.7. The number of alkyl halides is 6. The highest BCUT2D eigenvalue weighted by Crippen LogP contribution is 2.33. The zero-order valence-corrected chi connectivity index (χ0v) is 19.0. The fourth-order valence-electron chi connectivity index (χ4n) is 2.90. The molecule has 1 unspecified atom stereocenters. The normalized spacial score (nSPS) is 17.9. The smallest absolute Gasteiger partial charge is 0.475 e. The molecule has 2 aromatic rings. The topological polar surface area (TPSA) is 138 Å². The van der Waals surface area contributed by atoms with Crippen LogP contribution in [0.5, 0.6) is 0 Å². The highest BCUT2D eigenvalue weighted by Gasteiger charge is 2.39. The van der Waals surface area contributed by atoms with Crippen molar-refractivity contribution in [1.29, 1.82) is 0 Å². The Balaban J connectivity index is 0.000000286. The summed E-state index contributed by atoms with van der Waals surface area (Å²) in [5.41, 5.74) is 0. The summed E-state index contributed by atoms with van der Waals surface area (Å²) in [6, 6.07) is 7.78. The molecule has 3 N–H and O–H groups in total. The molecular weight excluding hydrogens is 516 g/mol. The quantitative estimate of drug-likeness (QED) is 0.483. The summed E-state index contributed by atoms with van der Waals surface area (Å²) in [4.78, 5) is 33.7. The number of hydrogen-bond donors (Lipinski definition) is 3. The lowest BCUT2D eigenvalue weighted by Crippen LogP contribution is -2.41. The number of aromatic nitrogens is 3. The summed E-state index contributed by atoms with van der Waals surface area (Å²) in [6.45, 7) is 3.56. The van der Waals surface area contributed by atoms with Crippen molar-refractivity contribution in [3.8, 4) is 0 Å². The van der Waals surface area contributed by atoms with E-state index in [1.165, 1.54) is 12.8 Å². The van der Waals surface area contributed by atoms with Crippen molar-refractivity contribution in [2.75, 3.05) is 31.6 Å². The van der Waals surface area contributed by atoms with Gasteiger partial charge in [0, 0.05) is 25.5 Å². The van der Waals surface area contributed by atoms with Crippen LogP contribution in [0.2, 0.25) is 0 Å². The van der Waals surface area contributed by atoms with Gasteiger partial charge in [0.05, 0.1) is 19.3 Å². The summed E-state index contributed by atoms with van der Waals surface area (Å²) >= 11 is 0. The Morgan fingerprint density at radius 3 is 2.11 bits per heavy atom. The molecule has 2 fully saturated rings. The zero-order valence-electron chi connectivity index (χ0n) is 19.0. The summed E-state index contributed by atoms with van der Waals surface area (Å²) in [5, 5.41) is 17.5. The standard InChI is InChI=1S/C17H21N5O.2C2HF3O2/c1-2-7-18-15(3-1)20-16-6-8-19-17(21-16)14-12-23-10-9-22(14)11-13-4-5-13;2*3-2(4,5)1(6)7/h1-3,6-8,13-14H,4-5,9-12H2,(H,18,19,20,21);2*(H,6,7). The second kappa shape index (κ2) is 13.1. The number of pyridine rings is 1. The van der Waals surface area contributed by atoms with Crippen molar-refractivity contribution >= 4 is 23.6 Å². The Morgan fingerprint density at radius 2 is 1.59 bits per heavy atom. The maximum atomic E-state index is 10.6. The first-order valence-electron chi connectivity index (χ1n) is 10.7. The van der Waals surface area contributed by atoms with Crippen LogP contribution in [0.1, 0.15) is 24.7 Å². The number of rotatable bonds is 5. The molecule has 16 heteroatoms. The van der Waals surface area contributed by atoms with Gasteiger partial charge in [-0.15, -0.1) is 0 Å². The van der Waals surface area contributed by atoms with Crippen LogP contribution < -0.4 is 5.32 Å². The molecular formula is C21H23F6N5O5. The van der Waals surface area contributed by atoms with Gasteiger partial charge in [-0.25, -0.2) is 24.5 Å². The Bertz CT molecular complexity index is 997. The molecule has 204 valence electrons. The predicted molar refractivity (Wildman–Crippen MR) is 115 cm³/mol. The van der Waals surface area contributed by atoms with Gasteiger partial charge in [-0.3, -0.25) is 4.90 Å². The molecule has 0 aromatic carbocycles. The molecule has 3 heterocycles. The fourth-order valence-corrected chi connectivity index (χ4v) is 2.90. The Kier molecular flexibility index (Phi) is 10.5. The van der Waals surface area contributed by atoms with Crippen molar-refractivity contribution in [1.82, 2.24) is 19.9 Å². The number of halogens is 6. The highest BCUT2D eigenvalue weighted by atomic mass is 19.4. The van der Waals surface area contributed by atoms with Gasteiger partial charge < -0.3 is 20.3 Å². The molecule has 37 heavy (non-hydrogen) atoms. The molecule has 2 aliphatic rings. The maximum Gasteiger partial charge on any atom is 0.490 e. The summed E-state index contributed by atoms with van der Waals surface area (Å²) < 4.78 is 69.1. The molecule has 1 aliphatic heterocycles. The Hall–Kier alpha value is -3.53. The lowest BCUT2D eigenvalue weighted by atomic mass is 10.2. The Morgan fingerprint density at radius 1 is 0.973 bits per heavy atom. The van der Waals surface area contributed by atoms with Crippen molar-refractivity contribution in [3.63, 3.8) is 0 Å². The third-order valence-electron chi connectivity index (χ3n) is 4.81. The van der Waals surface area contributed by atoms with Gasteiger partial charge in [-0.1, -0.05) is 6.07 Å². The number of ether oxygens (including phenoxy) is 1. The number of anilines is 2. The van der Waals surface area contributed by atoms with Crippen LogP contribution in [0, 0.1) is 5.92 Å². The van der Waals surface area contributed by atoms with E-state index in [2.05, 4.69) is 25.2 Å². The van der Waals surface area contributed by atoms with E-state index in [-0.39, 0.29) is 6.04 Å². The lowest BCUT2D eigenvalue weighted by Gasteiger charge is -2.34. The van der Waals surface area contributed by atoms with E-state index in [1.54, 1.807) is 12.4 Å². The van der Waals surface area contributed by atoms with E-state index < -0.39 is 24.3 Å². The van der Waals surface area contributed by atoms with Crippen LogP contribution in [0.25, 0.3) is 0 Å². The summed E-state index contributed by atoms with van der Waals surface area (Å²) in [7, 11) is 0. The average Bonchev–Trinajstić information content (AvgIpc) is 3.64. The number of carbonyl (C=O) groups is 2. The van der Waals surface area contributed by atoms with E-state index in [0.29, 0.717) is 6.61 Å². The van der Waals surface area contributed by atoms with E-state index >= 15 is 0 Å². The SMILES string of the molecule is O=C(O)C(F)(F)F.O=C(O)C(F)(F)F.c1ccc(Nc2ccnc(C3COCCN3CC3CC3)n2)nc1. The van der Waals surface area contributed by atoms with Gasteiger partial charge >= 0.3 is 24.3 Å². The molecule has 4 rings (SSSR count). The third-order valence-corrected chi connectivity index (χ3v) is 4.81. The van der Waals surface area contributed by atoms with Gasteiger partial charge in [-0.05, 0) is 37.0 Å². The number of nitrogens with one attached hydrogen (secondary N) is 1. The summed E-state index contributed by atoms with van der Waals surface area (Å²) in [5.74, 6) is -2.28. The van der Waals surface area contributed by atoms with Crippen LogP contribution in [-0.4, -0.2) is 80.7 Å². The minimum Gasteiger partial charge on any atom is -0.475 e. The van der Waals surface area contributed by atoms with Crippen LogP contribution in [0.4, 0.5) is 38.0 Å². The number of aliphatic carboxylic acids is 2. The van der Waals surface area contributed by atoms with Gasteiger partial charge in [0.2, 0.25) is 0 Å². The van der Waals surface area contributed by atoms with Crippen LogP contribution in [0.15, 0.2) is 36.7 Å². The van der Waals surface area contributed by atoms with Crippen LogP contribution in [0.3, 0.4) is 0 Å². The monoisotopic (exact) mass is 539 g/mol. The molecule has 1 aliphatic carbocycles.